The lowest BCUT2D eigenvalue weighted by Gasteiger charge is -2.09. The summed E-state index contributed by atoms with van der Waals surface area (Å²) < 4.78 is 11.1. The summed E-state index contributed by atoms with van der Waals surface area (Å²) in [6.07, 6.45) is -0.771. The Labute approximate surface area is 111 Å². The Hall–Kier alpha value is -2.26. The van der Waals surface area contributed by atoms with E-state index in [9.17, 15) is 5.11 Å². The summed E-state index contributed by atoms with van der Waals surface area (Å²) in [5, 5.41) is 11.0. The molecule has 3 nitrogen and oxygen atoms in total. The minimum Gasteiger partial charge on any atom is -0.490 e. The number of hydrogen-bond donors (Lipinski definition) is 1. The van der Waals surface area contributed by atoms with Crippen LogP contribution in [0.5, 0.6) is 5.75 Å². The molecule has 1 heterocycles. The number of fused-ring (bicyclic) bond motifs is 1. The number of aliphatic hydroxyl groups excluding tert-OH is 1. The third-order valence-corrected chi connectivity index (χ3v) is 2.92. The summed E-state index contributed by atoms with van der Waals surface area (Å²) in [6.45, 7) is 0.170. The fourth-order valence-corrected chi connectivity index (χ4v) is 1.94. The van der Waals surface area contributed by atoms with Crippen molar-refractivity contribution < 1.29 is 14.3 Å². The van der Waals surface area contributed by atoms with Crippen molar-refractivity contribution in [2.24, 2.45) is 0 Å². The first-order valence-corrected chi connectivity index (χ1v) is 6.17. The SMILES string of the molecule is OC(COc1ccccc1)c1cc2ccccc2o1. The lowest BCUT2D eigenvalue weighted by Crippen LogP contribution is -2.08. The summed E-state index contributed by atoms with van der Waals surface area (Å²) in [5.74, 6) is 1.26. The second-order valence-electron chi connectivity index (χ2n) is 4.33. The molecule has 0 aliphatic carbocycles. The molecule has 19 heavy (non-hydrogen) atoms. The largest absolute Gasteiger partial charge is 0.490 e. The molecule has 0 aliphatic heterocycles. The normalized spacial score (nSPS) is 12.5. The highest BCUT2D eigenvalue weighted by atomic mass is 16.5. The number of ether oxygens (including phenoxy) is 1. The van der Waals surface area contributed by atoms with Crippen LogP contribution < -0.4 is 4.74 Å². The van der Waals surface area contributed by atoms with Gasteiger partial charge in [0.25, 0.3) is 0 Å². The first-order chi connectivity index (χ1) is 9.33. The van der Waals surface area contributed by atoms with Gasteiger partial charge in [0, 0.05) is 5.39 Å². The Balaban J connectivity index is 1.71. The average molecular weight is 254 g/mol. The summed E-state index contributed by atoms with van der Waals surface area (Å²) in [4.78, 5) is 0. The van der Waals surface area contributed by atoms with E-state index in [1.165, 1.54) is 0 Å². The van der Waals surface area contributed by atoms with Gasteiger partial charge >= 0.3 is 0 Å². The predicted molar refractivity (Wildman–Crippen MR) is 73.1 cm³/mol. The summed E-state index contributed by atoms with van der Waals surface area (Å²) in [5.41, 5.74) is 0.774. The fraction of sp³-hybridized carbons (Fsp3) is 0.125. The second-order valence-corrected chi connectivity index (χ2v) is 4.33. The van der Waals surface area contributed by atoms with Crippen LogP contribution in [0.25, 0.3) is 11.0 Å². The molecule has 0 radical (unpaired) electrons. The van der Waals surface area contributed by atoms with Crippen LogP contribution in [0.1, 0.15) is 11.9 Å². The standard InChI is InChI=1S/C16H14O3/c17-14(11-18-13-7-2-1-3-8-13)16-10-12-6-4-5-9-15(12)19-16/h1-10,14,17H,11H2. The summed E-state index contributed by atoms with van der Waals surface area (Å²) in [7, 11) is 0. The van der Waals surface area contributed by atoms with Crippen LogP contribution in [0.4, 0.5) is 0 Å². The first kappa shape index (κ1) is 11.8. The van der Waals surface area contributed by atoms with Crippen molar-refractivity contribution in [3.8, 4) is 5.75 Å². The topological polar surface area (TPSA) is 42.6 Å². The van der Waals surface area contributed by atoms with E-state index in [0.717, 1.165) is 16.7 Å². The second kappa shape index (κ2) is 5.16. The van der Waals surface area contributed by atoms with Gasteiger partial charge in [-0.05, 0) is 24.3 Å². The maximum atomic E-state index is 10.1. The third-order valence-electron chi connectivity index (χ3n) is 2.92. The molecule has 1 unspecified atom stereocenters. The molecule has 3 rings (SSSR count). The molecule has 2 aromatic carbocycles. The van der Waals surface area contributed by atoms with Crippen LogP contribution in [0, 0.1) is 0 Å². The Morgan fingerprint density at radius 1 is 1.00 bits per heavy atom. The third kappa shape index (κ3) is 2.61. The van der Waals surface area contributed by atoms with Gasteiger partial charge in [0.1, 0.15) is 29.8 Å². The van der Waals surface area contributed by atoms with E-state index in [1.54, 1.807) is 0 Å². The van der Waals surface area contributed by atoms with Gasteiger partial charge < -0.3 is 14.3 Å². The number of rotatable bonds is 4. The predicted octanol–water partition coefficient (Wildman–Crippen LogP) is 3.55. The maximum Gasteiger partial charge on any atom is 0.145 e. The Morgan fingerprint density at radius 3 is 2.53 bits per heavy atom. The van der Waals surface area contributed by atoms with Gasteiger partial charge in [-0.1, -0.05) is 36.4 Å². The molecule has 96 valence electrons. The van der Waals surface area contributed by atoms with Gasteiger partial charge in [0.2, 0.25) is 0 Å². The molecule has 3 heteroatoms. The Morgan fingerprint density at radius 2 is 1.74 bits per heavy atom. The van der Waals surface area contributed by atoms with Crippen LogP contribution in [0.15, 0.2) is 65.1 Å². The quantitative estimate of drug-likeness (QED) is 0.774. The van der Waals surface area contributed by atoms with Crippen molar-refractivity contribution >= 4 is 11.0 Å². The van der Waals surface area contributed by atoms with Crippen molar-refractivity contribution in [1.29, 1.82) is 0 Å². The van der Waals surface area contributed by atoms with Crippen LogP contribution >= 0.6 is 0 Å². The van der Waals surface area contributed by atoms with Gasteiger partial charge in [0.15, 0.2) is 0 Å². The molecular formula is C16H14O3. The summed E-state index contributed by atoms with van der Waals surface area (Å²) in [6, 6.07) is 18.9. The van der Waals surface area contributed by atoms with Gasteiger partial charge in [-0.25, -0.2) is 0 Å². The smallest absolute Gasteiger partial charge is 0.145 e. The lowest BCUT2D eigenvalue weighted by atomic mass is 10.2. The number of furan rings is 1. The van der Waals surface area contributed by atoms with Crippen LogP contribution in [-0.2, 0) is 0 Å². The van der Waals surface area contributed by atoms with E-state index < -0.39 is 6.10 Å². The van der Waals surface area contributed by atoms with Crippen molar-refractivity contribution in [1.82, 2.24) is 0 Å². The minimum absolute atomic E-state index is 0.170. The van der Waals surface area contributed by atoms with E-state index in [2.05, 4.69) is 0 Å². The Bertz CT molecular complexity index is 625. The van der Waals surface area contributed by atoms with E-state index >= 15 is 0 Å². The molecule has 0 fully saturated rings. The highest BCUT2D eigenvalue weighted by Crippen LogP contribution is 2.24. The zero-order valence-corrected chi connectivity index (χ0v) is 10.3. The molecule has 0 saturated heterocycles. The average Bonchev–Trinajstić information content (AvgIpc) is 2.90. The lowest BCUT2D eigenvalue weighted by molar-refractivity contribution is 0.0903. The fourth-order valence-electron chi connectivity index (χ4n) is 1.94. The molecule has 0 bridgehead atoms. The molecule has 0 saturated carbocycles. The monoisotopic (exact) mass is 254 g/mol. The van der Waals surface area contributed by atoms with E-state index in [-0.39, 0.29) is 6.61 Å². The highest BCUT2D eigenvalue weighted by Gasteiger charge is 2.13. The molecule has 1 atom stereocenters. The van der Waals surface area contributed by atoms with Crippen molar-refractivity contribution in [2.75, 3.05) is 6.61 Å². The van der Waals surface area contributed by atoms with E-state index in [0.29, 0.717) is 5.76 Å². The molecule has 0 aliphatic rings. The molecular weight excluding hydrogens is 240 g/mol. The van der Waals surface area contributed by atoms with E-state index in [1.807, 2.05) is 60.7 Å². The number of para-hydroxylation sites is 2. The van der Waals surface area contributed by atoms with Crippen molar-refractivity contribution in [3.05, 3.63) is 66.4 Å². The van der Waals surface area contributed by atoms with Crippen LogP contribution in [-0.4, -0.2) is 11.7 Å². The molecule has 0 amide bonds. The maximum absolute atomic E-state index is 10.1. The van der Waals surface area contributed by atoms with Gasteiger partial charge in [-0.3, -0.25) is 0 Å². The molecule has 3 aromatic rings. The van der Waals surface area contributed by atoms with Crippen LogP contribution in [0.3, 0.4) is 0 Å². The minimum atomic E-state index is -0.771. The molecule has 1 N–H and O–H groups in total. The zero-order valence-electron chi connectivity index (χ0n) is 10.3. The number of benzene rings is 2. The van der Waals surface area contributed by atoms with Crippen molar-refractivity contribution in [3.63, 3.8) is 0 Å². The van der Waals surface area contributed by atoms with Crippen molar-refractivity contribution in [2.45, 2.75) is 6.10 Å². The van der Waals surface area contributed by atoms with Crippen LogP contribution in [0.2, 0.25) is 0 Å². The highest BCUT2D eigenvalue weighted by molar-refractivity contribution is 5.77. The zero-order chi connectivity index (χ0) is 13.1. The van der Waals surface area contributed by atoms with Gasteiger partial charge in [0.05, 0.1) is 0 Å². The summed E-state index contributed by atoms with van der Waals surface area (Å²) >= 11 is 0. The Kier molecular flexibility index (Phi) is 3.21. The molecule has 0 spiro atoms. The van der Waals surface area contributed by atoms with Gasteiger partial charge in [-0.2, -0.15) is 0 Å². The van der Waals surface area contributed by atoms with E-state index in [4.69, 9.17) is 9.15 Å². The molecule has 1 aromatic heterocycles. The number of hydrogen-bond acceptors (Lipinski definition) is 3. The van der Waals surface area contributed by atoms with Gasteiger partial charge in [-0.15, -0.1) is 0 Å². The first-order valence-electron chi connectivity index (χ1n) is 6.17. The number of aliphatic hydroxyl groups is 1.